The van der Waals surface area contributed by atoms with Crippen LogP contribution in [0.25, 0.3) is 10.7 Å². The summed E-state index contributed by atoms with van der Waals surface area (Å²) in [7, 11) is 0. The number of hydrogen-bond acceptors (Lipinski definition) is 6. The molecule has 0 aromatic carbocycles. The van der Waals surface area contributed by atoms with E-state index >= 15 is 0 Å². The van der Waals surface area contributed by atoms with Crippen molar-refractivity contribution in [2.45, 2.75) is 32.4 Å². The molecular formula is C14H20N4OS. The van der Waals surface area contributed by atoms with Crippen molar-refractivity contribution in [1.82, 2.24) is 15.0 Å². The molecule has 5 nitrogen and oxygen atoms in total. The summed E-state index contributed by atoms with van der Waals surface area (Å²) in [6.07, 6.45) is 2.41. The lowest BCUT2D eigenvalue weighted by atomic mass is 9.92. The molecular weight excluding hydrogens is 272 g/mol. The van der Waals surface area contributed by atoms with Gasteiger partial charge in [-0.2, -0.15) is 4.98 Å². The van der Waals surface area contributed by atoms with Gasteiger partial charge in [-0.1, -0.05) is 11.2 Å². The lowest BCUT2D eigenvalue weighted by Gasteiger charge is -2.33. The molecule has 3 heterocycles. The monoisotopic (exact) mass is 292 g/mol. The van der Waals surface area contributed by atoms with Gasteiger partial charge in [0, 0.05) is 12.6 Å². The molecule has 0 saturated carbocycles. The lowest BCUT2D eigenvalue weighted by molar-refractivity contribution is 0.139. The van der Waals surface area contributed by atoms with Gasteiger partial charge in [0.2, 0.25) is 11.7 Å². The van der Waals surface area contributed by atoms with Crippen LogP contribution in [0.1, 0.15) is 25.7 Å². The maximum Gasteiger partial charge on any atom is 0.241 e. The average Bonchev–Trinajstić information content (AvgIpc) is 3.09. The first-order chi connectivity index (χ1) is 9.72. The first-order valence-corrected chi connectivity index (χ1v) is 7.95. The SMILES string of the molecule is CC(N)C1CCCN(Cc2nc(-c3cccs3)no2)C1. The van der Waals surface area contributed by atoms with Crippen molar-refractivity contribution in [3.63, 3.8) is 0 Å². The molecule has 3 rings (SSSR count). The molecule has 0 amide bonds. The number of nitrogens with zero attached hydrogens (tertiary/aromatic N) is 3. The van der Waals surface area contributed by atoms with E-state index in [1.54, 1.807) is 11.3 Å². The van der Waals surface area contributed by atoms with E-state index in [2.05, 4.69) is 22.0 Å². The molecule has 108 valence electrons. The van der Waals surface area contributed by atoms with Gasteiger partial charge < -0.3 is 10.3 Å². The smallest absolute Gasteiger partial charge is 0.241 e. The Kier molecular flexibility index (Phi) is 4.14. The Labute approximate surface area is 122 Å². The number of rotatable bonds is 4. The van der Waals surface area contributed by atoms with E-state index in [9.17, 15) is 0 Å². The van der Waals surface area contributed by atoms with E-state index in [1.807, 2.05) is 17.5 Å². The number of likely N-dealkylation sites (tertiary alicyclic amines) is 1. The van der Waals surface area contributed by atoms with Crippen molar-refractivity contribution in [1.29, 1.82) is 0 Å². The second-order valence-corrected chi connectivity index (χ2v) is 6.43. The van der Waals surface area contributed by atoms with Crippen molar-refractivity contribution in [3.05, 3.63) is 23.4 Å². The molecule has 0 spiro atoms. The molecule has 2 atom stereocenters. The molecule has 2 unspecified atom stereocenters. The Morgan fingerprint density at radius 2 is 2.50 bits per heavy atom. The molecule has 0 bridgehead atoms. The highest BCUT2D eigenvalue weighted by atomic mass is 32.1. The number of nitrogens with two attached hydrogens (primary N) is 1. The standard InChI is InChI=1S/C14H20N4OS/c1-10(15)11-4-2-6-18(8-11)9-13-16-14(17-19-13)12-5-3-7-20-12/h3,5,7,10-11H,2,4,6,8-9,15H2,1H3. The molecule has 1 saturated heterocycles. The highest BCUT2D eigenvalue weighted by molar-refractivity contribution is 7.13. The maximum absolute atomic E-state index is 6.01. The summed E-state index contributed by atoms with van der Waals surface area (Å²) >= 11 is 1.62. The van der Waals surface area contributed by atoms with Gasteiger partial charge in [-0.25, -0.2) is 0 Å². The third-order valence-corrected chi connectivity index (χ3v) is 4.72. The van der Waals surface area contributed by atoms with Crippen LogP contribution in [-0.4, -0.2) is 34.2 Å². The molecule has 6 heteroatoms. The fraction of sp³-hybridized carbons (Fsp3) is 0.571. The Morgan fingerprint density at radius 3 is 3.25 bits per heavy atom. The fourth-order valence-corrected chi connectivity index (χ4v) is 3.33. The number of thiophene rings is 1. The molecule has 2 N–H and O–H groups in total. The minimum absolute atomic E-state index is 0.252. The summed E-state index contributed by atoms with van der Waals surface area (Å²) in [5.74, 6) is 1.96. The van der Waals surface area contributed by atoms with E-state index in [0.29, 0.717) is 17.6 Å². The predicted octanol–water partition coefficient (Wildman–Crippen LogP) is 2.36. The molecule has 1 fully saturated rings. The van der Waals surface area contributed by atoms with E-state index in [4.69, 9.17) is 10.3 Å². The third-order valence-electron chi connectivity index (χ3n) is 3.85. The Balaban J connectivity index is 1.63. The van der Waals surface area contributed by atoms with E-state index in [0.717, 1.165) is 24.5 Å². The Morgan fingerprint density at radius 1 is 1.60 bits per heavy atom. The summed E-state index contributed by atoms with van der Waals surface area (Å²) in [5.41, 5.74) is 6.01. The Hall–Kier alpha value is -1.24. The van der Waals surface area contributed by atoms with Crippen LogP contribution in [0.3, 0.4) is 0 Å². The van der Waals surface area contributed by atoms with Crippen LogP contribution in [-0.2, 0) is 6.54 Å². The number of hydrogen-bond donors (Lipinski definition) is 1. The van der Waals surface area contributed by atoms with Gasteiger partial charge in [0.25, 0.3) is 0 Å². The summed E-state index contributed by atoms with van der Waals surface area (Å²) in [6.45, 7) is 4.92. The topological polar surface area (TPSA) is 68.2 Å². The number of aromatic nitrogens is 2. The summed E-state index contributed by atoms with van der Waals surface area (Å²) in [6, 6.07) is 4.25. The zero-order valence-electron chi connectivity index (χ0n) is 11.7. The van der Waals surface area contributed by atoms with E-state index < -0.39 is 0 Å². The van der Waals surface area contributed by atoms with Gasteiger partial charge in [0.15, 0.2) is 0 Å². The van der Waals surface area contributed by atoms with Gasteiger partial charge in [-0.15, -0.1) is 11.3 Å². The second kappa shape index (κ2) is 6.03. The van der Waals surface area contributed by atoms with E-state index in [1.165, 1.54) is 12.8 Å². The second-order valence-electron chi connectivity index (χ2n) is 5.49. The van der Waals surface area contributed by atoms with Gasteiger partial charge in [-0.3, -0.25) is 4.90 Å². The quantitative estimate of drug-likeness (QED) is 0.937. The van der Waals surface area contributed by atoms with Crippen molar-refractivity contribution in [2.75, 3.05) is 13.1 Å². The lowest BCUT2D eigenvalue weighted by Crippen LogP contribution is -2.41. The zero-order chi connectivity index (χ0) is 13.9. The third kappa shape index (κ3) is 3.08. The van der Waals surface area contributed by atoms with Crippen LogP contribution in [0, 0.1) is 5.92 Å². The Bertz CT molecular complexity index is 537. The minimum Gasteiger partial charge on any atom is -0.338 e. The first-order valence-electron chi connectivity index (χ1n) is 7.07. The van der Waals surface area contributed by atoms with Gasteiger partial charge in [-0.05, 0) is 43.7 Å². The largest absolute Gasteiger partial charge is 0.338 e. The van der Waals surface area contributed by atoms with Crippen molar-refractivity contribution in [3.8, 4) is 10.7 Å². The van der Waals surface area contributed by atoms with Crippen LogP contribution in [0.4, 0.5) is 0 Å². The van der Waals surface area contributed by atoms with Gasteiger partial charge in [0.05, 0.1) is 11.4 Å². The molecule has 1 aliphatic rings. The van der Waals surface area contributed by atoms with Gasteiger partial charge in [0.1, 0.15) is 0 Å². The molecule has 2 aromatic rings. The molecule has 2 aromatic heterocycles. The highest BCUT2D eigenvalue weighted by Gasteiger charge is 2.24. The molecule has 0 radical (unpaired) electrons. The van der Waals surface area contributed by atoms with E-state index in [-0.39, 0.29) is 6.04 Å². The van der Waals surface area contributed by atoms with Crippen LogP contribution in [0.15, 0.2) is 22.0 Å². The van der Waals surface area contributed by atoms with Crippen LogP contribution in [0.5, 0.6) is 0 Å². The van der Waals surface area contributed by atoms with Crippen LogP contribution < -0.4 is 5.73 Å². The van der Waals surface area contributed by atoms with Crippen molar-refractivity contribution < 1.29 is 4.52 Å². The minimum atomic E-state index is 0.252. The zero-order valence-corrected chi connectivity index (χ0v) is 12.5. The predicted molar refractivity (Wildman–Crippen MR) is 79.3 cm³/mol. The molecule has 0 aliphatic carbocycles. The van der Waals surface area contributed by atoms with Crippen molar-refractivity contribution in [2.24, 2.45) is 11.7 Å². The van der Waals surface area contributed by atoms with Crippen LogP contribution in [0.2, 0.25) is 0 Å². The molecule has 1 aliphatic heterocycles. The summed E-state index contributed by atoms with van der Waals surface area (Å²) in [4.78, 5) is 7.89. The normalized spacial score (nSPS) is 22.0. The number of piperidine rings is 1. The fourth-order valence-electron chi connectivity index (χ4n) is 2.68. The van der Waals surface area contributed by atoms with Crippen LogP contribution >= 0.6 is 11.3 Å². The summed E-state index contributed by atoms with van der Waals surface area (Å²) in [5, 5.41) is 6.07. The van der Waals surface area contributed by atoms with Gasteiger partial charge >= 0.3 is 0 Å². The van der Waals surface area contributed by atoms with Crippen molar-refractivity contribution >= 4 is 11.3 Å². The maximum atomic E-state index is 6.01. The molecule has 20 heavy (non-hydrogen) atoms. The highest BCUT2D eigenvalue weighted by Crippen LogP contribution is 2.23. The first kappa shape index (κ1) is 13.7. The summed E-state index contributed by atoms with van der Waals surface area (Å²) < 4.78 is 5.36. The average molecular weight is 292 g/mol.